The zero-order chi connectivity index (χ0) is 24.5. The highest BCUT2D eigenvalue weighted by atomic mass is 32.2. The van der Waals surface area contributed by atoms with E-state index in [1.54, 1.807) is 10.6 Å². The summed E-state index contributed by atoms with van der Waals surface area (Å²) in [5.74, 6) is 0.488. The van der Waals surface area contributed by atoms with Crippen LogP contribution < -0.4 is 10.9 Å². The van der Waals surface area contributed by atoms with E-state index in [1.165, 1.54) is 11.8 Å². The van der Waals surface area contributed by atoms with E-state index in [9.17, 15) is 9.59 Å². The maximum Gasteiger partial charge on any atom is 0.267 e. The van der Waals surface area contributed by atoms with Crippen LogP contribution in [-0.2, 0) is 4.79 Å². The van der Waals surface area contributed by atoms with Crippen LogP contribution in [0.4, 0.5) is 0 Å². The topological polar surface area (TPSA) is 81.3 Å². The van der Waals surface area contributed by atoms with Gasteiger partial charge in [0, 0.05) is 0 Å². The van der Waals surface area contributed by atoms with Crippen LogP contribution in [0.2, 0.25) is 0 Å². The monoisotopic (exact) mass is 483 g/mol. The number of aromatic nitrogens is 4. The molecule has 1 unspecified atom stereocenters. The molecule has 0 bridgehead atoms. The van der Waals surface area contributed by atoms with E-state index >= 15 is 0 Å². The summed E-state index contributed by atoms with van der Waals surface area (Å²) in [5.41, 5.74) is 4.58. The number of rotatable bonds is 6. The standard InChI is InChI=1S/C27H25N5O2S/c1-17-12-14-20(15-13-17)31-25(34)22-10-6-7-11-23(22)32-26(31)29-30-27(32)35-16-24(33)28-19(3)21-9-5-4-8-18(21)2/h4-15,19H,16H2,1-3H3,(H,28,33). The van der Waals surface area contributed by atoms with Gasteiger partial charge in [-0.05, 0) is 56.2 Å². The number of benzene rings is 3. The van der Waals surface area contributed by atoms with Crippen LogP contribution in [0.1, 0.15) is 29.7 Å². The lowest BCUT2D eigenvalue weighted by Gasteiger charge is -2.16. The van der Waals surface area contributed by atoms with Crippen molar-refractivity contribution >= 4 is 34.3 Å². The average Bonchev–Trinajstić information content (AvgIpc) is 3.28. The van der Waals surface area contributed by atoms with Gasteiger partial charge in [0.25, 0.3) is 5.56 Å². The van der Waals surface area contributed by atoms with E-state index in [2.05, 4.69) is 15.5 Å². The van der Waals surface area contributed by atoms with Crippen LogP contribution in [0.3, 0.4) is 0 Å². The molecule has 0 aliphatic carbocycles. The van der Waals surface area contributed by atoms with Crippen molar-refractivity contribution in [3.63, 3.8) is 0 Å². The summed E-state index contributed by atoms with van der Waals surface area (Å²) in [7, 11) is 0. The SMILES string of the molecule is Cc1ccc(-n2c(=O)c3ccccc3n3c(SCC(=O)NC(C)c4ccccc4C)nnc23)cc1. The zero-order valence-corrected chi connectivity index (χ0v) is 20.5. The molecule has 5 rings (SSSR count). The molecule has 3 aromatic carbocycles. The first-order valence-corrected chi connectivity index (χ1v) is 12.4. The Hall–Kier alpha value is -3.91. The average molecular weight is 484 g/mol. The van der Waals surface area contributed by atoms with Crippen molar-refractivity contribution in [2.45, 2.75) is 32.0 Å². The molecule has 0 radical (unpaired) electrons. The normalized spacial score (nSPS) is 12.2. The molecule has 0 aliphatic rings. The predicted octanol–water partition coefficient (Wildman–Crippen LogP) is 4.62. The van der Waals surface area contributed by atoms with Crippen molar-refractivity contribution in [2.24, 2.45) is 0 Å². The molecule has 7 nitrogen and oxygen atoms in total. The van der Waals surface area contributed by atoms with Crippen molar-refractivity contribution in [1.82, 2.24) is 24.5 Å². The predicted molar refractivity (Wildman–Crippen MR) is 139 cm³/mol. The first-order chi connectivity index (χ1) is 16.9. The Bertz CT molecular complexity index is 1600. The second-order valence-electron chi connectivity index (χ2n) is 8.55. The maximum absolute atomic E-state index is 13.4. The highest BCUT2D eigenvalue weighted by Gasteiger charge is 2.19. The van der Waals surface area contributed by atoms with Gasteiger partial charge in [-0.15, -0.1) is 10.2 Å². The summed E-state index contributed by atoms with van der Waals surface area (Å²) in [6.07, 6.45) is 0. The molecule has 5 aromatic rings. The number of hydrogen-bond donors (Lipinski definition) is 1. The number of carbonyl (C=O) groups excluding carboxylic acids is 1. The Morgan fingerprint density at radius 2 is 1.69 bits per heavy atom. The molecule has 0 aliphatic heterocycles. The Labute approximate surface area is 206 Å². The number of hydrogen-bond acceptors (Lipinski definition) is 5. The number of fused-ring (bicyclic) bond motifs is 3. The Balaban J connectivity index is 1.49. The molecule has 176 valence electrons. The minimum absolute atomic E-state index is 0.0985. The molecule has 1 amide bonds. The molecule has 2 heterocycles. The molecule has 0 fully saturated rings. The second kappa shape index (κ2) is 9.38. The number of nitrogens with one attached hydrogen (secondary N) is 1. The van der Waals surface area contributed by atoms with Crippen LogP contribution in [0.5, 0.6) is 0 Å². The molecule has 0 saturated carbocycles. The van der Waals surface area contributed by atoms with Gasteiger partial charge in [0.1, 0.15) is 0 Å². The van der Waals surface area contributed by atoms with Gasteiger partial charge in [0.05, 0.1) is 28.4 Å². The number of carbonyl (C=O) groups is 1. The molecule has 1 atom stereocenters. The minimum Gasteiger partial charge on any atom is -0.349 e. The Morgan fingerprint density at radius 3 is 2.46 bits per heavy atom. The molecule has 35 heavy (non-hydrogen) atoms. The minimum atomic E-state index is -0.161. The van der Waals surface area contributed by atoms with Gasteiger partial charge < -0.3 is 5.32 Å². The van der Waals surface area contributed by atoms with E-state index in [1.807, 2.05) is 91.9 Å². The smallest absolute Gasteiger partial charge is 0.267 e. The summed E-state index contributed by atoms with van der Waals surface area (Å²) in [6, 6.07) is 23.0. The third-order valence-electron chi connectivity index (χ3n) is 6.05. The van der Waals surface area contributed by atoms with Gasteiger partial charge in [-0.25, -0.2) is 4.57 Å². The quantitative estimate of drug-likeness (QED) is 0.357. The number of para-hydroxylation sites is 1. The van der Waals surface area contributed by atoms with E-state index in [4.69, 9.17) is 0 Å². The van der Waals surface area contributed by atoms with Gasteiger partial charge in [0.15, 0.2) is 5.16 Å². The molecular formula is C27H25N5O2S. The Morgan fingerprint density at radius 1 is 0.971 bits per heavy atom. The lowest BCUT2D eigenvalue weighted by Crippen LogP contribution is -2.28. The third-order valence-corrected chi connectivity index (χ3v) is 6.98. The van der Waals surface area contributed by atoms with E-state index in [0.717, 1.165) is 16.7 Å². The van der Waals surface area contributed by atoms with Gasteiger partial charge in [-0.2, -0.15) is 0 Å². The van der Waals surface area contributed by atoms with Crippen molar-refractivity contribution < 1.29 is 4.79 Å². The molecule has 0 saturated heterocycles. The van der Waals surface area contributed by atoms with Gasteiger partial charge in [0.2, 0.25) is 11.7 Å². The van der Waals surface area contributed by atoms with Crippen molar-refractivity contribution in [1.29, 1.82) is 0 Å². The fourth-order valence-corrected chi connectivity index (χ4v) is 5.01. The highest BCUT2D eigenvalue weighted by Crippen LogP contribution is 2.24. The van der Waals surface area contributed by atoms with Crippen LogP contribution in [0, 0.1) is 13.8 Å². The van der Waals surface area contributed by atoms with Crippen molar-refractivity contribution in [3.8, 4) is 5.69 Å². The van der Waals surface area contributed by atoms with E-state index in [0.29, 0.717) is 27.5 Å². The number of nitrogens with zero attached hydrogens (tertiary/aromatic N) is 4. The van der Waals surface area contributed by atoms with Gasteiger partial charge in [-0.1, -0.05) is 65.9 Å². The fourth-order valence-electron chi connectivity index (χ4n) is 4.26. The van der Waals surface area contributed by atoms with Crippen molar-refractivity contribution in [3.05, 3.63) is 99.8 Å². The first kappa shape index (κ1) is 22.9. The Kier molecular flexibility index (Phi) is 6.13. The third kappa shape index (κ3) is 4.33. The number of aryl methyl sites for hydroxylation is 2. The first-order valence-electron chi connectivity index (χ1n) is 11.4. The highest BCUT2D eigenvalue weighted by molar-refractivity contribution is 7.99. The summed E-state index contributed by atoms with van der Waals surface area (Å²) in [4.78, 5) is 26.2. The van der Waals surface area contributed by atoms with E-state index in [-0.39, 0.29) is 23.3 Å². The largest absolute Gasteiger partial charge is 0.349 e. The molecule has 8 heteroatoms. The van der Waals surface area contributed by atoms with Crippen molar-refractivity contribution in [2.75, 3.05) is 5.75 Å². The summed E-state index contributed by atoms with van der Waals surface area (Å²) >= 11 is 1.30. The fraction of sp³-hybridized carbons (Fsp3) is 0.185. The van der Waals surface area contributed by atoms with Crippen LogP contribution in [0.25, 0.3) is 22.4 Å². The molecule has 0 spiro atoms. The summed E-state index contributed by atoms with van der Waals surface area (Å²) in [5, 5.41) is 12.9. The van der Waals surface area contributed by atoms with Gasteiger partial charge >= 0.3 is 0 Å². The van der Waals surface area contributed by atoms with Gasteiger partial charge in [-0.3, -0.25) is 14.0 Å². The number of amides is 1. The zero-order valence-electron chi connectivity index (χ0n) is 19.7. The van der Waals surface area contributed by atoms with Crippen LogP contribution >= 0.6 is 11.8 Å². The maximum atomic E-state index is 13.4. The lowest BCUT2D eigenvalue weighted by molar-refractivity contribution is -0.119. The molecule has 1 N–H and O–H groups in total. The molecular weight excluding hydrogens is 458 g/mol. The molecule has 2 aromatic heterocycles. The summed E-state index contributed by atoms with van der Waals surface area (Å²) in [6.45, 7) is 6.01. The summed E-state index contributed by atoms with van der Waals surface area (Å²) < 4.78 is 3.42. The van der Waals surface area contributed by atoms with E-state index < -0.39 is 0 Å². The second-order valence-corrected chi connectivity index (χ2v) is 9.49. The lowest BCUT2D eigenvalue weighted by atomic mass is 10.0. The van der Waals surface area contributed by atoms with Crippen LogP contribution in [-0.4, -0.2) is 30.8 Å². The van der Waals surface area contributed by atoms with Crippen LogP contribution in [0.15, 0.2) is 82.7 Å². The number of thioether (sulfide) groups is 1.